The minimum Gasteiger partial charge on any atom is -0.339 e. The summed E-state index contributed by atoms with van der Waals surface area (Å²) >= 11 is 1.50. The van der Waals surface area contributed by atoms with Crippen LogP contribution in [-0.2, 0) is 16.1 Å². The lowest BCUT2D eigenvalue weighted by Crippen LogP contribution is -2.50. The number of hydrogen-bond donors (Lipinski definition) is 1. The second-order valence-electron chi connectivity index (χ2n) is 7.49. The van der Waals surface area contributed by atoms with Crippen molar-refractivity contribution >= 4 is 35.0 Å². The Morgan fingerprint density at radius 3 is 2.42 bits per heavy atom. The number of amides is 2. The molecule has 0 saturated carbocycles. The smallest absolute Gasteiger partial charge is 0.269 e. The van der Waals surface area contributed by atoms with Crippen molar-refractivity contribution in [1.29, 1.82) is 0 Å². The summed E-state index contributed by atoms with van der Waals surface area (Å²) in [6, 6.07) is 14.1. The summed E-state index contributed by atoms with van der Waals surface area (Å²) in [6.07, 6.45) is 0. The van der Waals surface area contributed by atoms with Crippen molar-refractivity contribution in [3.05, 3.63) is 64.2 Å². The molecule has 1 heterocycles. The molecule has 31 heavy (non-hydrogen) atoms. The Kier molecular flexibility index (Phi) is 7.64. The van der Waals surface area contributed by atoms with Crippen LogP contribution < -0.4 is 5.32 Å². The third-order valence-corrected chi connectivity index (χ3v) is 6.15. The Hall–Kier alpha value is -2.91. The molecule has 8 nitrogen and oxygen atoms in total. The SMILES string of the molecule is CC(=O)Nc1ccc(SC(C)C(=O)N2CCN(Cc3cccc([N+](=O)[O-])c3)CC2)cc1. The number of rotatable bonds is 7. The Morgan fingerprint density at radius 1 is 1.13 bits per heavy atom. The summed E-state index contributed by atoms with van der Waals surface area (Å²) < 4.78 is 0. The van der Waals surface area contributed by atoms with Crippen molar-refractivity contribution in [2.24, 2.45) is 0 Å². The van der Waals surface area contributed by atoms with Gasteiger partial charge in [0.05, 0.1) is 10.2 Å². The monoisotopic (exact) mass is 442 g/mol. The molecule has 1 unspecified atom stereocenters. The molecule has 1 saturated heterocycles. The van der Waals surface area contributed by atoms with Crippen LogP contribution >= 0.6 is 11.8 Å². The van der Waals surface area contributed by atoms with Crippen LogP contribution in [0.1, 0.15) is 19.4 Å². The summed E-state index contributed by atoms with van der Waals surface area (Å²) in [7, 11) is 0. The van der Waals surface area contributed by atoms with Crippen LogP contribution in [0.25, 0.3) is 0 Å². The second kappa shape index (κ2) is 10.4. The van der Waals surface area contributed by atoms with Gasteiger partial charge in [0.25, 0.3) is 5.69 Å². The first-order valence-corrected chi connectivity index (χ1v) is 11.0. The number of piperazine rings is 1. The van der Waals surface area contributed by atoms with E-state index in [1.54, 1.807) is 12.1 Å². The zero-order chi connectivity index (χ0) is 22.4. The lowest BCUT2D eigenvalue weighted by atomic mass is 10.1. The molecule has 0 aliphatic carbocycles. The van der Waals surface area contributed by atoms with Crippen molar-refractivity contribution in [2.45, 2.75) is 30.5 Å². The van der Waals surface area contributed by atoms with E-state index in [0.717, 1.165) is 29.2 Å². The van der Waals surface area contributed by atoms with E-state index in [4.69, 9.17) is 0 Å². The molecule has 1 fully saturated rings. The predicted molar refractivity (Wildman–Crippen MR) is 121 cm³/mol. The fourth-order valence-electron chi connectivity index (χ4n) is 3.48. The highest BCUT2D eigenvalue weighted by atomic mass is 32.2. The Morgan fingerprint density at radius 2 is 1.81 bits per heavy atom. The van der Waals surface area contributed by atoms with Crippen molar-refractivity contribution in [3.63, 3.8) is 0 Å². The Labute approximate surface area is 185 Å². The van der Waals surface area contributed by atoms with Gasteiger partial charge >= 0.3 is 0 Å². The van der Waals surface area contributed by atoms with Crippen LogP contribution in [0.15, 0.2) is 53.4 Å². The molecule has 0 aromatic heterocycles. The summed E-state index contributed by atoms with van der Waals surface area (Å²) in [6.45, 7) is 6.75. The zero-order valence-electron chi connectivity index (χ0n) is 17.6. The van der Waals surface area contributed by atoms with Crippen molar-refractivity contribution < 1.29 is 14.5 Å². The summed E-state index contributed by atoms with van der Waals surface area (Å²) in [5, 5.41) is 13.5. The highest BCUT2D eigenvalue weighted by molar-refractivity contribution is 8.00. The molecule has 2 aromatic carbocycles. The number of nitrogens with zero attached hydrogens (tertiary/aromatic N) is 3. The number of anilines is 1. The first-order chi connectivity index (χ1) is 14.8. The predicted octanol–water partition coefficient (Wildman–Crippen LogP) is 3.38. The van der Waals surface area contributed by atoms with Gasteiger partial charge in [0, 0.05) is 62.4 Å². The minimum atomic E-state index is -0.382. The average Bonchev–Trinajstić information content (AvgIpc) is 2.75. The Bertz CT molecular complexity index is 943. The minimum absolute atomic E-state index is 0.0993. The molecule has 1 N–H and O–H groups in total. The third kappa shape index (κ3) is 6.53. The molecular formula is C22H26N4O4S. The van der Waals surface area contributed by atoms with Crippen LogP contribution in [-0.4, -0.2) is 58.0 Å². The van der Waals surface area contributed by atoms with Gasteiger partial charge in [0.15, 0.2) is 0 Å². The molecule has 2 amide bonds. The van der Waals surface area contributed by atoms with E-state index in [9.17, 15) is 19.7 Å². The number of carbonyl (C=O) groups is 2. The number of nitro benzene ring substituents is 1. The highest BCUT2D eigenvalue weighted by Gasteiger charge is 2.25. The van der Waals surface area contributed by atoms with E-state index in [1.165, 1.54) is 24.8 Å². The number of nitro groups is 1. The highest BCUT2D eigenvalue weighted by Crippen LogP contribution is 2.26. The van der Waals surface area contributed by atoms with E-state index in [2.05, 4.69) is 10.2 Å². The normalized spacial score (nSPS) is 15.4. The fraction of sp³-hybridized carbons (Fsp3) is 0.364. The van der Waals surface area contributed by atoms with Gasteiger partial charge < -0.3 is 10.2 Å². The van der Waals surface area contributed by atoms with Gasteiger partial charge in [-0.3, -0.25) is 24.6 Å². The molecule has 1 aliphatic heterocycles. The number of benzene rings is 2. The Balaban J connectivity index is 1.48. The molecule has 0 bridgehead atoms. The van der Waals surface area contributed by atoms with E-state index >= 15 is 0 Å². The fourth-order valence-corrected chi connectivity index (χ4v) is 4.44. The average molecular weight is 443 g/mol. The van der Waals surface area contributed by atoms with E-state index in [1.807, 2.05) is 42.2 Å². The third-order valence-electron chi connectivity index (χ3n) is 5.05. The van der Waals surface area contributed by atoms with E-state index < -0.39 is 0 Å². The molecule has 2 aromatic rings. The maximum absolute atomic E-state index is 12.9. The quantitative estimate of drug-likeness (QED) is 0.401. The van der Waals surface area contributed by atoms with Gasteiger partial charge in [-0.05, 0) is 36.8 Å². The molecule has 1 atom stereocenters. The van der Waals surface area contributed by atoms with Crippen molar-refractivity contribution in [1.82, 2.24) is 9.80 Å². The number of carbonyl (C=O) groups excluding carboxylic acids is 2. The molecule has 3 rings (SSSR count). The molecule has 1 aliphatic rings. The van der Waals surface area contributed by atoms with Gasteiger partial charge in [0.2, 0.25) is 11.8 Å². The molecule has 164 valence electrons. The molecule has 0 radical (unpaired) electrons. The van der Waals surface area contributed by atoms with Gasteiger partial charge in [-0.25, -0.2) is 0 Å². The van der Waals surface area contributed by atoms with Crippen LogP contribution in [0.3, 0.4) is 0 Å². The van der Waals surface area contributed by atoms with Gasteiger partial charge in [-0.2, -0.15) is 0 Å². The number of non-ortho nitro benzene ring substituents is 1. The number of nitrogens with one attached hydrogen (secondary N) is 1. The van der Waals surface area contributed by atoms with Gasteiger partial charge in [0.1, 0.15) is 0 Å². The van der Waals surface area contributed by atoms with E-state index in [-0.39, 0.29) is 27.7 Å². The lowest BCUT2D eigenvalue weighted by molar-refractivity contribution is -0.384. The standard InChI is InChI=1S/C22H26N4O4S/c1-16(31-21-8-6-19(7-9-21)23-17(2)27)22(28)25-12-10-24(11-13-25)15-18-4-3-5-20(14-18)26(29)30/h3-9,14,16H,10-13,15H2,1-2H3,(H,23,27). The molecule has 0 spiro atoms. The first kappa shape index (κ1) is 22.8. The maximum Gasteiger partial charge on any atom is 0.269 e. The van der Waals surface area contributed by atoms with Crippen LogP contribution in [0.5, 0.6) is 0 Å². The van der Waals surface area contributed by atoms with Gasteiger partial charge in [-0.1, -0.05) is 12.1 Å². The van der Waals surface area contributed by atoms with Crippen molar-refractivity contribution in [2.75, 3.05) is 31.5 Å². The summed E-state index contributed by atoms with van der Waals surface area (Å²) in [5.41, 5.74) is 1.73. The van der Waals surface area contributed by atoms with Crippen LogP contribution in [0.4, 0.5) is 11.4 Å². The zero-order valence-corrected chi connectivity index (χ0v) is 18.4. The van der Waals surface area contributed by atoms with Gasteiger partial charge in [-0.15, -0.1) is 11.8 Å². The topological polar surface area (TPSA) is 95.8 Å². The number of thioether (sulfide) groups is 1. The van der Waals surface area contributed by atoms with Crippen LogP contribution in [0.2, 0.25) is 0 Å². The lowest BCUT2D eigenvalue weighted by Gasteiger charge is -2.35. The molecule has 9 heteroatoms. The van der Waals surface area contributed by atoms with E-state index in [0.29, 0.717) is 19.6 Å². The molecular weight excluding hydrogens is 416 g/mol. The summed E-state index contributed by atoms with van der Waals surface area (Å²) in [4.78, 5) is 39.6. The van der Waals surface area contributed by atoms with Crippen molar-refractivity contribution in [3.8, 4) is 0 Å². The summed E-state index contributed by atoms with van der Waals surface area (Å²) in [5.74, 6) is -0.0143. The van der Waals surface area contributed by atoms with Crippen LogP contribution in [0, 0.1) is 10.1 Å². The number of hydrogen-bond acceptors (Lipinski definition) is 6. The maximum atomic E-state index is 12.9. The first-order valence-electron chi connectivity index (χ1n) is 10.1. The second-order valence-corrected chi connectivity index (χ2v) is 8.91. The largest absolute Gasteiger partial charge is 0.339 e.